The second-order valence-electron chi connectivity index (χ2n) is 8.35. The molecule has 11 nitrogen and oxygen atoms in total. The molecule has 0 radical (unpaired) electrons. The Morgan fingerprint density at radius 1 is 1.16 bits per heavy atom. The number of nitrogens with two attached hydrogens (primary N) is 3. The number of primary amides is 1. The average molecular weight is 523 g/mol. The predicted octanol–water partition coefficient (Wildman–Crippen LogP) is 3.31. The number of aliphatic hydroxyl groups is 1. The van der Waals surface area contributed by atoms with Crippen molar-refractivity contribution in [2.45, 2.75) is 12.5 Å². The van der Waals surface area contributed by atoms with Gasteiger partial charge in [0.2, 0.25) is 11.7 Å². The number of hydrogen-bond acceptors (Lipinski definition) is 9. The maximum Gasteiger partial charge on any atom is 0.265 e. The van der Waals surface area contributed by atoms with Crippen LogP contribution in [0.2, 0.25) is 5.02 Å². The lowest BCUT2D eigenvalue weighted by atomic mass is 9.99. The topological polar surface area (TPSA) is 189 Å². The Balaban J connectivity index is 1.70. The zero-order valence-electron chi connectivity index (χ0n) is 19.8. The third kappa shape index (κ3) is 4.13. The van der Waals surface area contributed by atoms with Gasteiger partial charge in [0.25, 0.3) is 5.91 Å². The Hall–Kier alpha value is -4.48. The second-order valence-corrected chi connectivity index (χ2v) is 8.79. The number of halogens is 1. The van der Waals surface area contributed by atoms with Crippen molar-refractivity contribution in [1.82, 2.24) is 15.0 Å². The van der Waals surface area contributed by atoms with Crippen LogP contribution in [0.5, 0.6) is 11.5 Å². The summed E-state index contributed by atoms with van der Waals surface area (Å²) in [5.74, 6) is 0.451. The second kappa shape index (κ2) is 9.19. The molecule has 12 heteroatoms. The van der Waals surface area contributed by atoms with Crippen molar-refractivity contribution in [2.75, 3.05) is 25.7 Å². The number of aliphatic hydroxyl groups excluding tert-OH is 1. The molecule has 0 aliphatic rings. The van der Waals surface area contributed by atoms with Crippen LogP contribution in [-0.2, 0) is 6.42 Å². The van der Waals surface area contributed by atoms with Gasteiger partial charge in [-0.3, -0.25) is 4.79 Å². The monoisotopic (exact) mass is 522 g/mol. The molecule has 3 heterocycles. The fourth-order valence-corrected chi connectivity index (χ4v) is 4.61. The van der Waals surface area contributed by atoms with Crippen molar-refractivity contribution in [3.8, 4) is 11.5 Å². The number of nitrogen functional groups attached to an aromatic ring is 2. The van der Waals surface area contributed by atoms with Crippen LogP contribution >= 0.6 is 11.6 Å². The largest absolute Gasteiger partial charge is 0.493 e. The van der Waals surface area contributed by atoms with Gasteiger partial charge in [0.1, 0.15) is 23.4 Å². The van der Waals surface area contributed by atoms with Crippen LogP contribution in [0.4, 0.5) is 11.8 Å². The number of nitrogens with zero attached hydrogens (tertiary/aromatic N) is 2. The minimum atomic E-state index is -1.37. The maximum absolute atomic E-state index is 12.2. The summed E-state index contributed by atoms with van der Waals surface area (Å²) < 4.78 is 17.2. The first kappa shape index (κ1) is 24.2. The Morgan fingerprint density at radius 2 is 1.95 bits per heavy atom. The molecule has 8 N–H and O–H groups in total. The molecule has 0 aliphatic heterocycles. The van der Waals surface area contributed by atoms with Gasteiger partial charge >= 0.3 is 0 Å². The fourth-order valence-electron chi connectivity index (χ4n) is 4.44. The van der Waals surface area contributed by atoms with E-state index in [1.165, 1.54) is 14.2 Å². The van der Waals surface area contributed by atoms with E-state index in [9.17, 15) is 9.90 Å². The minimum Gasteiger partial charge on any atom is -0.493 e. The van der Waals surface area contributed by atoms with Gasteiger partial charge in [-0.05, 0) is 35.9 Å². The third-order valence-corrected chi connectivity index (χ3v) is 6.38. The molecule has 5 rings (SSSR count). The van der Waals surface area contributed by atoms with Crippen molar-refractivity contribution in [1.29, 1.82) is 0 Å². The number of fused-ring (bicyclic) bond motifs is 2. The molecule has 0 saturated heterocycles. The first-order valence-electron chi connectivity index (χ1n) is 11.0. The smallest absolute Gasteiger partial charge is 0.265 e. The van der Waals surface area contributed by atoms with E-state index in [4.69, 9.17) is 42.7 Å². The molecule has 1 atom stereocenters. The SMILES string of the molecule is COc1cc(Cc2cnc(N)nc2N)c2cc(C(O)c3c(C(N)=O)[nH]c4ccc(Cl)cc34)oc2c1OC. The maximum atomic E-state index is 12.2. The van der Waals surface area contributed by atoms with E-state index in [0.29, 0.717) is 50.4 Å². The number of benzene rings is 2. The number of carbonyl (C=O) groups excluding carboxylic acids is 1. The Labute approximate surface area is 215 Å². The van der Waals surface area contributed by atoms with Crippen LogP contribution < -0.4 is 26.7 Å². The van der Waals surface area contributed by atoms with Crippen molar-refractivity contribution >= 4 is 51.1 Å². The Kier molecular flexibility index (Phi) is 6.02. The number of methoxy groups -OCH3 is 2. The van der Waals surface area contributed by atoms with E-state index >= 15 is 0 Å². The number of aromatic amines is 1. The molecule has 0 saturated carbocycles. The highest BCUT2D eigenvalue weighted by Crippen LogP contribution is 2.43. The molecule has 1 amide bonds. The molecule has 37 heavy (non-hydrogen) atoms. The van der Waals surface area contributed by atoms with E-state index in [-0.39, 0.29) is 28.8 Å². The molecule has 1 unspecified atom stereocenters. The molecule has 5 aromatic rings. The van der Waals surface area contributed by atoms with Gasteiger partial charge < -0.3 is 41.2 Å². The van der Waals surface area contributed by atoms with Crippen LogP contribution in [0, 0.1) is 0 Å². The lowest BCUT2D eigenvalue weighted by molar-refractivity contribution is 0.0990. The van der Waals surface area contributed by atoms with Gasteiger partial charge in [0, 0.05) is 45.1 Å². The number of anilines is 2. The number of carbonyl (C=O) groups is 1. The number of aromatic nitrogens is 3. The van der Waals surface area contributed by atoms with Gasteiger partial charge in [-0.1, -0.05) is 11.6 Å². The number of amides is 1. The van der Waals surface area contributed by atoms with Crippen molar-refractivity contribution in [3.63, 3.8) is 0 Å². The number of rotatable bonds is 7. The van der Waals surface area contributed by atoms with Gasteiger partial charge in [-0.15, -0.1) is 0 Å². The lowest BCUT2D eigenvalue weighted by Crippen LogP contribution is -2.15. The number of H-pyrrole nitrogens is 1. The van der Waals surface area contributed by atoms with Crippen LogP contribution in [0.25, 0.3) is 21.9 Å². The molecule has 2 aromatic carbocycles. The van der Waals surface area contributed by atoms with Crippen molar-refractivity contribution in [3.05, 3.63) is 69.7 Å². The van der Waals surface area contributed by atoms with E-state index < -0.39 is 12.0 Å². The van der Waals surface area contributed by atoms with Gasteiger partial charge in [0.15, 0.2) is 11.3 Å². The van der Waals surface area contributed by atoms with Crippen LogP contribution in [0.1, 0.15) is 39.0 Å². The summed E-state index contributed by atoms with van der Waals surface area (Å²) in [6, 6.07) is 8.45. The fraction of sp³-hybridized carbons (Fsp3) is 0.160. The molecule has 0 fully saturated rings. The van der Waals surface area contributed by atoms with Gasteiger partial charge in [-0.25, -0.2) is 4.98 Å². The first-order valence-corrected chi connectivity index (χ1v) is 11.4. The number of furan rings is 1. The Bertz CT molecular complexity index is 1680. The summed E-state index contributed by atoms with van der Waals surface area (Å²) in [4.78, 5) is 23.2. The van der Waals surface area contributed by atoms with E-state index in [0.717, 1.165) is 5.56 Å². The van der Waals surface area contributed by atoms with Crippen molar-refractivity contribution in [2.24, 2.45) is 5.73 Å². The van der Waals surface area contributed by atoms with E-state index in [1.54, 1.807) is 36.5 Å². The highest BCUT2D eigenvalue weighted by Gasteiger charge is 2.28. The minimum absolute atomic E-state index is 0.0433. The first-order chi connectivity index (χ1) is 17.7. The molecule has 190 valence electrons. The predicted molar refractivity (Wildman–Crippen MR) is 139 cm³/mol. The van der Waals surface area contributed by atoms with Gasteiger partial charge in [-0.2, -0.15) is 4.98 Å². The highest BCUT2D eigenvalue weighted by atomic mass is 35.5. The molecular weight excluding hydrogens is 500 g/mol. The molecule has 3 aromatic heterocycles. The van der Waals surface area contributed by atoms with Crippen LogP contribution in [-0.4, -0.2) is 40.2 Å². The Morgan fingerprint density at radius 3 is 2.62 bits per heavy atom. The average Bonchev–Trinajstić information content (AvgIpc) is 3.47. The van der Waals surface area contributed by atoms with Crippen molar-refractivity contribution < 1.29 is 23.8 Å². The summed E-state index contributed by atoms with van der Waals surface area (Å²) in [5.41, 5.74) is 19.9. The summed E-state index contributed by atoms with van der Waals surface area (Å²) in [5, 5.41) is 13.0. The van der Waals surface area contributed by atoms with Gasteiger partial charge in [0.05, 0.1) is 14.2 Å². The number of nitrogens with one attached hydrogen (secondary N) is 1. The molecule has 0 spiro atoms. The summed E-state index contributed by atoms with van der Waals surface area (Å²) in [6.45, 7) is 0. The van der Waals surface area contributed by atoms with Crippen LogP contribution in [0.3, 0.4) is 0 Å². The standard InChI is InChI=1S/C25H23ClN6O5/c1-35-17-6-10(5-11-9-30-25(29)32-23(11)27)13-8-16(37-21(13)22(17)36-2)20(33)18-14-7-12(26)3-4-15(14)31-19(18)24(28)34/h3-4,6-9,20,31,33H,5H2,1-2H3,(H2,28,34)(H4,27,29,30,32). The number of ether oxygens (including phenoxy) is 2. The molecule has 0 bridgehead atoms. The summed E-state index contributed by atoms with van der Waals surface area (Å²) >= 11 is 6.19. The van der Waals surface area contributed by atoms with Crippen LogP contribution in [0.15, 0.2) is 40.9 Å². The van der Waals surface area contributed by atoms with E-state index in [2.05, 4.69) is 15.0 Å². The third-order valence-electron chi connectivity index (χ3n) is 6.14. The zero-order chi connectivity index (χ0) is 26.4. The summed E-state index contributed by atoms with van der Waals surface area (Å²) in [6.07, 6.45) is 0.494. The zero-order valence-corrected chi connectivity index (χ0v) is 20.6. The molecule has 0 aliphatic carbocycles. The number of hydrogen-bond donors (Lipinski definition) is 5. The summed E-state index contributed by atoms with van der Waals surface area (Å²) in [7, 11) is 2.98. The quantitative estimate of drug-likeness (QED) is 0.213. The highest BCUT2D eigenvalue weighted by molar-refractivity contribution is 6.31. The lowest BCUT2D eigenvalue weighted by Gasteiger charge is -2.12. The molecular formula is C25H23ClN6O5. The van der Waals surface area contributed by atoms with E-state index in [1.807, 2.05) is 0 Å². The normalized spacial score (nSPS) is 12.2.